The van der Waals surface area contributed by atoms with E-state index in [1.54, 1.807) is 24.3 Å². The van der Waals surface area contributed by atoms with Gasteiger partial charge in [-0.05, 0) is 23.3 Å². The average Bonchev–Trinajstić information content (AvgIpc) is 2.89. The zero-order chi connectivity index (χ0) is 27.8. The molecule has 0 atom stereocenters. The Morgan fingerprint density at radius 3 is 1.84 bits per heavy atom. The SMILES string of the molecule is O=C(O)c1cccc([N+](=O)[O-])c1CONCc1ccc(CNC(=O)c2c(C(=O)O)cccc2[N+](=O)[O-])cc1. The highest BCUT2D eigenvalue weighted by Gasteiger charge is 2.27. The fourth-order valence-electron chi connectivity index (χ4n) is 3.51. The van der Waals surface area contributed by atoms with Gasteiger partial charge in [-0.3, -0.25) is 29.9 Å². The van der Waals surface area contributed by atoms with E-state index in [0.29, 0.717) is 11.1 Å². The molecule has 0 aliphatic carbocycles. The van der Waals surface area contributed by atoms with Gasteiger partial charge in [0.2, 0.25) is 0 Å². The lowest BCUT2D eigenvalue weighted by molar-refractivity contribution is -0.386. The fraction of sp³-hybridized carbons (Fsp3) is 0.125. The van der Waals surface area contributed by atoms with Crippen molar-refractivity contribution in [3.05, 3.63) is 114 Å². The Morgan fingerprint density at radius 1 is 0.763 bits per heavy atom. The lowest BCUT2D eigenvalue weighted by Gasteiger charge is -2.10. The van der Waals surface area contributed by atoms with Crippen LogP contribution in [0.5, 0.6) is 0 Å². The maximum atomic E-state index is 12.6. The molecule has 0 saturated heterocycles. The second-order valence-electron chi connectivity index (χ2n) is 7.74. The normalized spacial score (nSPS) is 10.5. The summed E-state index contributed by atoms with van der Waals surface area (Å²) in [6.07, 6.45) is 0. The van der Waals surface area contributed by atoms with Crippen LogP contribution in [0, 0.1) is 20.2 Å². The maximum Gasteiger partial charge on any atom is 0.336 e. The molecule has 0 bridgehead atoms. The van der Waals surface area contributed by atoms with Crippen molar-refractivity contribution in [2.45, 2.75) is 19.7 Å². The van der Waals surface area contributed by atoms with Gasteiger partial charge in [0.15, 0.2) is 0 Å². The molecule has 196 valence electrons. The van der Waals surface area contributed by atoms with Crippen LogP contribution in [0.4, 0.5) is 11.4 Å². The number of hydrogen-bond donors (Lipinski definition) is 4. The number of carbonyl (C=O) groups is 3. The van der Waals surface area contributed by atoms with Crippen LogP contribution in [0.25, 0.3) is 0 Å². The average molecular weight is 524 g/mol. The first-order valence-electron chi connectivity index (χ1n) is 10.8. The highest BCUT2D eigenvalue weighted by atomic mass is 16.6. The van der Waals surface area contributed by atoms with E-state index in [2.05, 4.69) is 10.8 Å². The van der Waals surface area contributed by atoms with Gasteiger partial charge in [0, 0.05) is 25.2 Å². The standard InChI is InChI=1S/C24H20N4O10/c29-22(21-17(24(32)33)4-2-6-20(21)28(36)37)25-11-14-7-9-15(10-8-14)12-26-38-13-18-16(23(30)31)3-1-5-19(18)27(34)35/h1-10,26H,11-13H2,(H,25,29)(H,30,31)(H,32,33). The summed E-state index contributed by atoms with van der Waals surface area (Å²) in [5.41, 5.74) is 1.55. The van der Waals surface area contributed by atoms with Gasteiger partial charge in [0.25, 0.3) is 17.3 Å². The van der Waals surface area contributed by atoms with Crippen LogP contribution >= 0.6 is 0 Å². The molecule has 0 heterocycles. The molecule has 0 spiro atoms. The van der Waals surface area contributed by atoms with E-state index in [1.807, 2.05) is 0 Å². The third kappa shape index (κ3) is 6.51. The number of aromatic carboxylic acids is 2. The molecule has 14 heteroatoms. The fourth-order valence-corrected chi connectivity index (χ4v) is 3.51. The Kier molecular flexibility index (Phi) is 8.76. The molecule has 0 aliphatic heterocycles. The van der Waals surface area contributed by atoms with E-state index >= 15 is 0 Å². The molecule has 3 rings (SSSR count). The molecule has 0 fully saturated rings. The molecule has 1 amide bonds. The van der Waals surface area contributed by atoms with Crippen molar-refractivity contribution >= 4 is 29.2 Å². The Labute approximate surface area is 213 Å². The van der Waals surface area contributed by atoms with E-state index in [0.717, 1.165) is 12.1 Å². The van der Waals surface area contributed by atoms with Crippen LogP contribution in [0.3, 0.4) is 0 Å². The van der Waals surface area contributed by atoms with E-state index in [1.165, 1.54) is 24.3 Å². The van der Waals surface area contributed by atoms with E-state index in [4.69, 9.17) is 4.84 Å². The number of carboxylic acid groups (broad SMARTS) is 2. The van der Waals surface area contributed by atoms with Crippen molar-refractivity contribution in [3.8, 4) is 0 Å². The molecule has 0 aromatic heterocycles. The van der Waals surface area contributed by atoms with Crippen LogP contribution in [-0.4, -0.2) is 37.9 Å². The third-order valence-electron chi connectivity index (χ3n) is 5.35. The second-order valence-corrected chi connectivity index (χ2v) is 7.74. The number of amides is 1. The Balaban J connectivity index is 1.58. The first-order valence-corrected chi connectivity index (χ1v) is 10.8. The largest absolute Gasteiger partial charge is 0.478 e. The minimum Gasteiger partial charge on any atom is -0.478 e. The number of benzene rings is 3. The van der Waals surface area contributed by atoms with Gasteiger partial charge in [-0.1, -0.05) is 36.4 Å². The molecule has 0 aliphatic rings. The summed E-state index contributed by atoms with van der Waals surface area (Å²) >= 11 is 0. The summed E-state index contributed by atoms with van der Waals surface area (Å²) in [7, 11) is 0. The third-order valence-corrected chi connectivity index (χ3v) is 5.35. The predicted molar refractivity (Wildman–Crippen MR) is 129 cm³/mol. The van der Waals surface area contributed by atoms with Crippen molar-refractivity contribution in [3.63, 3.8) is 0 Å². The topological polar surface area (TPSA) is 211 Å². The van der Waals surface area contributed by atoms with Crippen molar-refractivity contribution in [1.29, 1.82) is 0 Å². The van der Waals surface area contributed by atoms with E-state index < -0.39 is 44.5 Å². The van der Waals surface area contributed by atoms with Gasteiger partial charge in [0.05, 0.1) is 26.5 Å². The quantitative estimate of drug-likeness (QED) is 0.154. The second kappa shape index (κ2) is 12.2. The van der Waals surface area contributed by atoms with Crippen LogP contribution in [0.15, 0.2) is 60.7 Å². The summed E-state index contributed by atoms with van der Waals surface area (Å²) in [5, 5.41) is 43.5. The summed E-state index contributed by atoms with van der Waals surface area (Å²) in [6, 6.07) is 13.7. The highest BCUT2D eigenvalue weighted by Crippen LogP contribution is 2.24. The lowest BCUT2D eigenvalue weighted by Crippen LogP contribution is -2.26. The Bertz CT molecular complexity index is 1340. The number of nitro groups is 2. The van der Waals surface area contributed by atoms with Gasteiger partial charge in [-0.15, -0.1) is 0 Å². The number of nitro benzene ring substituents is 2. The summed E-state index contributed by atoms with van der Waals surface area (Å²) in [5.74, 6) is -3.71. The van der Waals surface area contributed by atoms with Gasteiger partial charge in [-0.25, -0.2) is 9.59 Å². The molecule has 3 aromatic carbocycles. The molecule has 0 radical (unpaired) electrons. The van der Waals surface area contributed by atoms with Crippen LogP contribution in [0.1, 0.15) is 47.8 Å². The number of carboxylic acids is 2. The first-order chi connectivity index (χ1) is 18.1. The molecule has 0 saturated carbocycles. The Hall–Kier alpha value is -5.21. The highest BCUT2D eigenvalue weighted by molar-refractivity contribution is 6.07. The zero-order valence-corrected chi connectivity index (χ0v) is 19.4. The molecule has 38 heavy (non-hydrogen) atoms. The van der Waals surface area contributed by atoms with Crippen molar-refractivity contribution in [2.75, 3.05) is 0 Å². The van der Waals surface area contributed by atoms with Crippen LogP contribution < -0.4 is 10.8 Å². The minimum atomic E-state index is -1.47. The molecular weight excluding hydrogens is 504 g/mol. The zero-order valence-electron chi connectivity index (χ0n) is 19.4. The van der Waals surface area contributed by atoms with Gasteiger partial charge in [0.1, 0.15) is 12.2 Å². The molecular formula is C24H20N4O10. The number of rotatable bonds is 12. The summed E-state index contributed by atoms with van der Waals surface area (Å²) in [4.78, 5) is 61.5. The predicted octanol–water partition coefficient (Wildman–Crippen LogP) is 3.05. The minimum absolute atomic E-state index is 0.0379. The number of nitrogens with zero attached hydrogens (tertiary/aromatic N) is 2. The summed E-state index contributed by atoms with van der Waals surface area (Å²) in [6.45, 7) is -0.246. The number of nitrogens with one attached hydrogen (secondary N) is 2. The van der Waals surface area contributed by atoms with Crippen LogP contribution in [0.2, 0.25) is 0 Å². The van der Waals surface area contributed by atoms with Crippen molar-refractivity contribution < 1.29 is 39.3 Å². The van der Waals surface area contributed by atoms with Gasteiger partial charge in [-0.2, -0.15) is 5.48 Å². The molecule has 14 nitrogen and oxygen atoms in total. The monoisotopic (exact) mass is 524 g/mol. The number of carbonyl (C=O) groups excluding carboxylic acids is 1. The Morgan fingerprint density at radius 2 is 1.29 bits per heavy atom. The van der Waals surface area contributed by atoms with Crippen LogP contribution in [-0.2, 0) is 24.5 Å². The van der Waals surface area contributed by atoms with Crippen molar-refractivity contribution in [1.82, 2.24) is 10.8 Å². The van der Waals surface area contributed by atoms with E-state index in [-0.39, 0.29) is 36.5 Å². The van der Waals surface area contributed by atoms with Gasteiger partial charge >= 0.3 is 11.9 Å². The number of hydrogen-bond acceptors (Lipinski definition) is 9. The molecule has 3 aromatic rings. The smallest absolute Gasteiger partial charge is 0.336 e. The summed E-state index contributed by atoms with van der Waals surface area (Å²) < 4.78 is 0. The van der Waals surface area contributed by atoms with Crippen molar-refractivity contribution in [2.24, 2.45) is 0 Å². The maximum absolute atomic E-state index is 12.6. The lowest BCUT2D eigenvalue weighted by atomic mass is 10.0. The number of hydroxylamine groups is 1. The van der Waals surface area contributed by atoms with E-state index in [9.17, 15) is 44.8 Å². The molecule has 4 N–H and O–H groups in total. The van der Waals surface area contributed by atoms with Gasteiger partial charge < -0.3 is 15.5 Å². The molecule has 0 unspecified atom stereocenters. The first kappa shape index (κ1) is 27.4.